The molecule has 0 amide bonds. The monoisotopic (exact) mass is 313 g/mol. The van der Waals surface area contributed by atoms with E-state index in [1.54, 1.807) is 38.1 Å². The van der Waals surface area contributed by atoms with Gasteiger partial charge in [-0.25, -0.2) is 4.39 Å². The number of halogens is 4. The molecule has 0 aliphatic heterocycles. The highest BCUT2D eigenvalue weighted by atomic mass is 19.4. The van der Waals surface area contributed by atoms with Crippen LogP contribution in [0.3, 0.4) is 0 Å². The second kappa shape index (κ2) is 5.51. The van der Waals surface area contributed by atoms with Crippen molar-refractivity contribution in [2.75, 3.05) is 5.73 Å². The highest BCUT2D eigenvalue weighted by molar-refractivity contribution is 5.42. The van der Waals surface area contributed by atoms with E-state index in [2.05, 4.69) is 0 Å². The average Bonchev–Trinajstić information content (AvgIpc) is 2.39. The van der Waals surface area contributed by atoms with Gasteiger partial charge in [0, 0.05) is 5.69 Å². The van der Waals surface area contributed by atoms with Crippen LogP contribution in [0.4, 0.5) is 23.2 Å². The summed E-state index contributed by atoms with van der Waals surface area (Å²) in [6, 6.07) is 9.33. The van der Waals surface area contributed by atoms with E-state index < -0.39 is 23.2 Å². The van der Waals surface area contributed by atoms with Gasteiger partial charge in [-0.3, -0.25) is 0 Å². The van der Waals surface area contributed by atoms with Gasteiger partial charge in [0.05, 0.1) is 5.56 Å². The molecule has 0 aliphatic carbocycles. The molecule has 0 spiro atoms. The highest BCUT2D eigenvalue weighted by Crippen LogP contribution is 2.34. The zero-order valence-electron chi connectivity index (χ0n) is 12.0. The molecule has 0 fully saturated rings. The normalized spacial score (nSPS) is 12.3. The van der Waals surface area contributed by atoms with E-state index >= 15 is 0 Å². The smallest absolute Gasteiger partial charge is 0.419 e. The summed E-state index contributed by atoms with van der Waals surface area (Å²) in [4.78, 5) is 0. The Balaban J connectivity index is 2.29. The lowest BCUT2D eigenvalue weighted by Gasteiger charge is -2.27. The minimum atomic E-state index is -4.72. The summed E-state index contributed by atoms with van der Waals surface area (Å²) in [5.41, 5.74) is 4.14. The number of rotatable bonds is 3. The maximum Gasteiger partial charge on any atom is 0.419 e. The molecule has 0 saturated heterocycles. The SMILES string of the molecule is CC(C)(Oc1ccc(N)cc1)c1ccc(C(F)(F)F)c(F)c1. The van der Waals surface area contributed by atoms with Crippen molar-refractivity contribution in [3.63, 3.8) is 0 Å². The largest absolute Gasteiger partial charge is 0.483 e. The first-order chi connectivity index (χ1) is 10.1. The van der Waals surface area contributed by atoms with Crippen molar-refractivity contribution < 1.29 is 22.3 Å². The Morgan fingerprint density at radius 1 is 0.955 bits per heavy atom. The number of hydrogen-bond acceptors (Lipinski definition) is 2. The van der Waals surface area contributed by atoms with Crippen LogP contribution in [-0.2, 0) is 11.8 Å². The van der Waals surface area contributed by atoms with Crippen molar-refractivity contribution in [3.8, 4) is 5.75 Å². The van der Waals surface area contributed by atoms with Crippen LogP contribution in [0.5, 0.6) is 5.75 Å². The Hall–Kier alpha value is -2.24. The van der Waals surface area contributed by atoms with Gasteiger partial charge in [-0.15, -0.1) is 0 Å². The van der Waals surface area contributed by atoms with Gasteiger partial charge in [-0.1, -0.05) is 6.07 Å². The van der Waals surface area contributed by atoms with Crippen molar-refractivity contribution in [1.82, 2.24) is 0 Å². The van der Waals surface area contributed by atoms with Crippen molar-refractivity contribution >= 4 is 5.69 Å². The predicted molar refractivity (Wildman–Crippen MR) is 75.9 cm³/mol. The maximum absolute atomic E-state index is 13.7. The first-order valence-electron chi connectivity index (χ1n) is 6.51. The summed E-state index contributed by atoms with van der Waals surface area (Å²) in [5, 5.41) is 0. The quantitative estimate of drug-likeness (QED) is 0.656. The fraction of sp³-hybridized carbons (Fsp3) is 0.250. The zero-order chi connectivity index (χ0) is 16.5. The third-order valence-electron chi connectivity index (χ3n) is 3.22. The molecule has 2 N–H and O–H groups in total. The van der Waals surface area contributed by atoms with Crippen LogP contribution in [-0.4, -0.2) is 0 Å². The van der Waals surface area contributed by atoms with Gasteiger partial charge in [0.25, 0.3) is 0 Å². The first-order valence-corrected chi connectivity index (χ1v) is 6.51. The van der Waals surface area contributed by atoms with Gasteiger partial charge in [0.1, 0.15) is 17.2 Å². The van der Waals surface area contributed by atoms with Gasteiger partial charge < -0.3 is 10.5 Å². The summed E-state index contributed by atoms with van der Waals surface area (Å²) in [5.74, 6) is -0.835. The summed E-state index contributed by atoms with van der Waals surface area (Å²) in [7, 11) is 0. The second-order valence-corrected chi connectivity index (χ2v) is 5.37. The minimum Gasteiger partial charge on any atom is -0.483 e. The topological polar surface area (TPSA) is 35.2 Å². The summed E-state index contributed by atoms with van der Waals surface area (Å²) in [6.07, 6.45) is -4.72. The second-order valence-electron chi connectivity index (χ2n) is 5.37. The summed E-state index contributed by atoms with van der Waals surface area (Å²) in [6.45, 7) is 3.29. The Bertz CT molecular complexity index is 663. The van der Waals surface area contributed by atoms with Crippen molar-refractivity contribution in [3.05, 3.63) is 59.4 Å². The van der Waals surface area contributed by atoms with E-state index in [1.165, 1.54) is 6.07 Å². The average molecular weight is 313 g/mol. The number of anilines is 1. The predicted octanol–water partition coefficient (Wildman–Crippen LogP) is 4.74. The molecule has 0 unspecified atom stereocenters. The Labute approximate surface area is 125 Å². The molecule has 0 aromatic heterocycles. The van der Waals surface area contributed by atoms with Gasteiger partial charge in [-0.05, 0) is 55.8 Å². The first kappa shape index (κ1) is 16.1. The molecule has 2 rings (SSSR count). The van der Waals surface area contributed by atoms with E-state index in [9.17, 15) is 17.6 Å². The molecule has 0 radical (unpaired) electrons. The molecular weight excluding hydrogens is 298 g/mol. The lowest BCUT2D eigenvalue weighted by Crippen LogP contribution is -2.26. The van der Waals surface area contributed by atoms with Crippen LogP contribution in [0.1, 0.15) is 25.0 Å². The van der Waals surface area contributed by atoms with Gasteiger partial charge >= 0.3 is 6.18 Å². The Morgan fingerprint density at radius 2 is 1.55 bits per heavy atom. The van der Waals surface area contributed by atoms with E-state index in [4.69, 9.17) is 10.5 Å². The van der Waals surface area contributed by atoms with Crippen molar-refractivity contribution in [2.24, 2.45) is 0 Å². The van der Waals surface area contributed by atoms with E-state index in [1.807, 2.05) is 0 Å². The third kappa shape index (κ3) is 3.50. The number of alkyl halides is 3. The molecule has 0 bridgehead atoms. The van der Waals surface area contributed by atoms with Crippen LogP contribution in [0, 0.1) is 5.82 Å². The molecule has 0 aliphatic rings. The number of nitrogen functional groups attached to an aromatic ring is 1. The number of ether oxygens (including phenoxy) is 1. The van der Waals surface area contributed by atoms with Crippen molar-refractivity contribution in [2.45, 2.75) is 25.6 Å². The molecular formula is C16H15F4NO. The molecule has 2 aromatic carbocycles. The van der Waals surface area contributed by atoms with E-state index in [0.29, 0.717) is 17.0 Å². The Kier molecular flexibility index (Phi) is 4.04. The number of benzene rings is 2. The minimum absolute atomic E-state index is 0.301. The van der Waals surface area contributed by atoms with E-state index in [0.717, 1.165) is 12.1 Å². The fourth-order valence-corrected chi connectivity index (χ4v) is 2.01. The maximum atomic E-state index is 13.7. The summed E-state index contributed by atoms with van der Waals surface area (Å²) >= 11 is 0. The molecule has 6 heteroatoms. The lowest BCUT2D eigenvalue weighted by atomic mass is 9.96. The fourth-order valence-electron chi connectivity index (χ4n) is 2.01. The van der Waals surface area contributed by atoms with Gasteiger partial charge in [0.15, 0.2) is 0 Å². The van der Waals surface area contributed by atoms with Crippen LogP contribution in [0.2, 0.25) is 0 Å². The standard InChI is InChI=1S/C16H15F4NO/c1-15(2,22-12-6-4-11(21)5-7-12)10-3-8-13(14(17)9-10)16(18,19)20/h3-9H,21H2,1-2H3. The molecule has 22 heavy (non-hydrogen) atoms. The van der Waals surface area contributed by atoms with E-state index in [-0.39, 0.29) is 0 Å². The van der Waals surface area contributed by atoms with Crippen molar-refractivity contribution in [1.29, 1.82) is 0 Å². The van der Waals surface area contributed by atoms with Crippen LogP contribution < -0.4 is 10.5 Å². The molecule has 0 atom stereocenters. The van der Waals surface area contributed by atoms with Crippen LogP contribution in [0.25, 0.3) is 0 Å². The molecule has 2 nitrogen and oxygen atoms in total. The molecule has 118 valence electrons. The molecule has 2 aromatic rings. The third-order valence-corrected chi connectivity index (χ3v) is 3.22. The highest BCUT2D eigenvalue weighted by Gasteiger charge is 2.35. The molecule has 0 saturated carbocycles. The number of hydrogen-bond donors (Lipinski definition) is 1. The van der Waals surface area contributed by atoms with Gasteiger partial charge in [0.2, 0.25) is 0 Å². The van der Waals surface area contributed by atoms with Crippen LogP contribution in [0.15, 0.2) is 42.5 Å². The van der Waals surface area contributed by atoms with Gasteiger partial charge in [-0.2, -0.15) is 13.2 Å². The van der Waals surface area contributed by atoms with Crippen LogP contribution >= 0.6 is 0 Å². The zero-order valence-corrected chi connectivity index (χ0v) is 12.0. The number of nitrogens with two attached hydrogens (primary N) is 1. The Morgan fingerprint density at radius 3 is 2.05 bits per heavy atom. The molecule has 0 heterocycles. The summed E-state index contributed by atoms with van der Waals surface area (Å²) < 4.78 is 57.1. The lowest BCUT2D eigenvalue weighted by molar-refractivity contribution is -0.140.